The number of urea groups is 1. The van der Waals surface area contributed by atoms with Crippen molar-refractivity contribution in [1.82, 2.24) is 0 Å². The molecule has 0 fully saturated rings. The Hall–Kier alpha value is -3.96. The van der Waals surface area contributed by atoms with Gasteiger partial charge in [0.15, 0.2) is 5.78 Å². The monoisotopic (exact) mass is 609 g/mol. The fourth-order valence-electron chi connectivity index (χ4n) is 4.85. The number of allylic oxidation sites excluding steroid dienone is 10. The van der Waals surface area contributed by atoms with E-state index in [9.17, 15) is 9.59 Å². The van der Waals surface area contributed by atoms with Crippen LogP contribution in [0.4, 0.5) is 16.2 Å². The summed E-state index contributed by atoms with van der Waals surface area (Å²) in [6, 6.07) is 12.4. The van der Waals surface area contributed by atoms with Crippen molar-refractivity contribution in [3.8, 4) is 0 Å². The first kappa shape index (κ1) is 37.2. The highest BCUT2D eigenvalue weighted by atomic mass is 16.2. The molecular formula is C40H55N3O2. The van der Waals surface area contributed by atoms with Gasteiger partial charge >= 0.3 is 6.03 Å². The topological polar surface area (TPSA) is 84.2 Å². The van der Waals surface area contributed by atoms with Gasteiger partial charge in [0, 0.05) is 17.8 Å². The molecule has 0 saturated heterocycles. The molecule has 2 aromatic carbocycles. The van der Waals surface area contributed by atoms with Gasteiger partial charge in [0.2, 0.25) is 0 Å². The van der Waals surface area contributed by atoms with E-state index in [1.54, 1.807) is 12.1 Å². The van der Waals surface area contributed by atoms with Gasteiger partial charge in [-0.2, -0.15) is 0 Å². The number of carbonyl (C=O) groups is 2. The third kappa shape index (κ3) is 14.6. The Labute approximate surface area is 272 Å². The zero-order chi connectivity index (χ0) is 32.9. The molecule has 5 nitrogen and oxygen atoms in total. The molecule has 2 rings (SSSR count). The Bertz CT molecular complexity index is 1290. The van der Waals surface area contributed by atoms with Crippen LogP contribution in [-0.4, -0.2) is 11.8 Å². The number of ketones is 1. The van der Waals surface area contributed by atoms with Gasteiger partial charge in [0.1, 0.15) is 0 Å². The number of carbonyl (C=O) groups excluding carboxylic acids is 2. The van der Waals surface area contributed by atoms with Crippen molar-refractivity contribution in [1.29, 1.82) is 0 Å². The second-order valence-corrected chi connectivity index (χ2v) is 11.9. The molecule has 45 heavy (non-hydrogen) atoms. The van der Waals surface area contributed by atoms with Gasteiger partial charge in [-0.1, -0.05) is 126 Å². The van der Waals surface area contributed by atoms with Gasteiger partial charge in [0.25, 0.3) is 0 Å². The third-order valence-corrected chi connectivity index (χ3v) is 7.44. The van der Waals surface area contributed by atoms with E-state index in [1.807, 2.05) is 18.2 Å². The van der Waals surface area contributed by atoms with Crippen LogP contribution in [0, 0.1) is 0 Å². The minimum Gasteiger partial charge on any atom is -0.318 e. The molecule has 0 spiro atoms. The van der Waals surface area contributed by atoms with E-state index >= 15 is 0 Å². The third-order valence-electron chi connectivity index (χ3n) is 7.44. The average Bonchev–Trinajstić information content (AvgIpc) is 3.02. The number of para-hydroxylation sites is 1. The normalized spacial score (nSPS) is 13.0. The van der Waals surface area contributed by atoms with E-state index in [1.165, 1.54) is 0 Å². The Morgan fingerprint density at radius 3 is 1.67 bits per heavy atom. The molecule has 0 aliphatic rings. The molecule has 1 unspecified atom stereocenters. The number of Topliss-reactive ketones (excluding diaryl/α,β-unsaturated/α-hetero) is 1. The number of hydrogen-bond donors (Lipinski definition) is 3. The molecule has 0 aliphatic heterocycles. The fourth-order valence-corrected chi connectivity index (χ4v) is 4.85. The van der Waals surface area contributed by atoms with E-state index in [0.29, 0.717) is 12.1 Å². The van der Waals surface area contributed by atoms with Crippen LogP contribution in [0.2, 0.25) is 0 Å². The first-order chi connectivity index (χ1) is 21.7. The maximum Gasteiger partial charge on any atom is 0.323 e. The SMILES string of the molecule is CC/C=C/C/C=C/C/C=C/C/C=C/C/C=C/CCCC(=O)C(N)c1ccc(NC(=O)Nc2c(C(C)C)cccc2C(C)C)cc1. The first-order valence-electron chi connectivity index (χ1n) is 16.6. The lowest BCUT2D eigenvalue weighted by molar-refractivity contribution is -0.120. The van der Waals surface area contributed by atoms with E-state index in [4.69, 9.17) is 5.73 Å². The lowest BCUT2D eigenvalue weighted by atomic mass is 9.93. The molecule has 2 amide bonds. The summed E-state index contributed by atoms with van der Waals surface area (Å²) in [4.78, 5) is 25.6. The number of amides is 2. The first-order valence-corrected chi connectivity index (χ1v) is 16.6. The average molecular weight is 610 g/mol. The van der Waals surface area contributed by atoms with Gasteiger partial charge in [-0.25, -0.2) is 4.79 Å². The van der Waals surface area contributed by atoms with Crippen LogP contribution in [0.25, 0.3) is 0 Å². The maximum absolute atomic E-state index is 12.9. The van der Waals surface area contributed by atoms with Crippen molar-refractivity contribution in [2.24, 2.45) is 5.73 Å². The molecule has 1 atom stereocenters. The van der Waals surface area contributed by atoms with Crippen LogP contribution in [0.1, 0.15) is 121 Å². The van der Waals surface area contributed by atoms with E-state index in [0.717, 1.165) is 67.3 Å². The van der Waals surface area contributed by atoms with Crippen molar-refractivity contribution in [2.45, 2.75) is 104 Å². The highest BCUT2D eigenvalue weighted by Crippen LogP contribution is 2.32. The number of benzene rings is 2. The second-order valence-electron chi connectivity index (χ2n) is 11.9. The summed E-state index contributed by atoms with van der Waals surface area (Å²) in [5, 5.41) is 5.98. The smallest absolute Gasteiger partial charge is 0.318 e. The molecule has 0 radical (unpaired) electrons. The Kier molecular flexibility index (Phi) is 17.9. The lowest BCUT2D eigenvalue weighted by Crippen LogP contribution is -2.22. The molecule has 5 heteroatoms. The molecule has 2 aromatic rings. The van der Waals surface area contributed by atoms with Gasteiger partial charge in [0.05, 0.1) is 6.04 Å². The van der Waals surface area contributed by atoms with Gasteiger partial charge in [-0.05, 0) is 85.6 Å². The van der Waals surface area contributed by atoms with Gasteiger partial charge in [-0.3, -0.25) is 4.79 Å². The summed E-state index contributed by atoms with van der Waals surface area (Å²) in [6.07, 6.45) is 28.8. The number of hydrogen-bond acceptors (Lipinski definition) is 3. The Morgan fingerprint density at radius 2 is 1.18 bits per heavy atom. The van der Waals surface area contributed by atoms with Crippen molar-refractivity contribution < 1.29 is 9.59 Å². The number of anilines is 2. The van der Waals surface area contributed by atoms with Crippen LogP contribution in [0.15, 0.2) is 103 Å². The Morgan fingerprint density at radius 1 is 0.689 bits per heavy atom. The van der Waals surface area contributed by atoms with Gasteiger partial charge in [-0.15, -0.1) is 0 Å². The molecule has 0 heterocycles. The summed E-state index contributed by atoms with van der Waals surface area (Å²) in [5.41, 5.74) is 10.7. The molecule has 242 valence electrons. The zero-order valence-corrected chi connectivity index (χ0v) is 28.1. The standard InChI is InChI=1S/C40H55N3O2/c1-6-7-8-9-10-11-12-13-14-15-16-17-18-19-20-21-22-26-37(44)38(41)33-27-29-34(30-28-33)42-40(45)43-39-35(31(2)3)24-23-25-36(39)32(4)5/h7-8,10-11,13-14,16-17,19-20,23-25,27-32,38H,6,9,12,15,18,21-22,26,41H2,1-5H3,(H2,42,43,45)/b8-7+,11-10+,14-13+,17-16+,20-19+. The summed E-state index contributed by atoms with van der Waals surface area (Å²) in [7, 11) is 0. The highest BCUT2D eigenvalue weighted by molar-refractivity contribution is 6.01. The van der Waals surface area contributed by atoms with Crippen LogP contribution >= 0.6 is 0 Å². The molecule has 0 bridgehead atoms. The van der Waals surface area contributed by atoms with E-state index < -0.39 is 6.04 Å². The zero-order valence-electron chi connectivity index (χ0n) is 28.1. The van der Waals surface area contributed by atoms with Gasteiger partial charge < -0.3 is 16.4 Å². The van der Waals surface area contributed by atoms with Crippen LogP contribution in [0.3, 0.4) is 0 Å². The number of nitrogens with one attached hydrogen (secondary N) is 2. The predicted octanol–water partition coefficient (Wildman–Crippen LogP) is 11.1. The lowest BCUT2D eigenvalue weighted by Gasteiger charge is -2.20. The summed E-state index contributed by atoms with van der Waals surface area (Å²) in [6.45, 7) is 10.6. The molecular weight excluding hydrogens is 554 g/mol. The number of rotatable bonds is 19. The minimum absolute atomic E-state index is 0.0207. The molecule has 0 saturated carbocycles. The van der Waals surface area contributed by atoms with Crippen molar-refractivity contribution in [3.05, 3.63) is 120 Å². The predicted molar refractivity (Wildman–Crippen MR) is 194 cm³/mol. The van der Waals surface area contributed by atoms with Crippen molar-refractivity contribution in [3.63, 3.8) is 0 Å². The van der Waals surface area contributed by atoms with E-state index in [-0.39, 0.29) is 23.7 Å². The van der Waals surface area contributed by atoms with Crippen LogP contribution in [0.5, 0.6) is 0 Å². The van der Waals surface area contributed by atoms with Crippen molar-refractivity contribution >= 4 is 23.2 Å². The largest absolute Gasteiger partial charge is 0.323 e. The second kappa shape index (κ2) is 21.7. The number of nitrogens with two attached hydrogens (primary N) is 1. The molecule has 0 aromatic heterocycles. The Balaban J connectivity index is 1.70. The maximum atomic E-state index is 12.9. The number of unbranched alkanes of at least 4 members (excludes halogenated alkanes) is 1. The molecule has 4 N–H and O–H groups in total. The summed E-state index contributed by atoms with van der Waals surface area (Å²) >= 11 is 0. The van der Waals surface area contributed by atoms with Crippen LogP contribution in [-0.2, 0) is 4.79 Å². The fraction of sp³-hybridized carbons (Fsp3) is 0.400. The van der Waals surface area contributed by atoms with E-state index in [2.05, 4.69) is 118 Å². The van der Waals surface area contributed by atoms with Crippen LogP contribution < -0.4 is 16.4 Å². The highest BCUT2D eigenvalue weighted by Gasteiger charge is 2.17. The van der Waals surface area contributed by atoms with Crippen molar-refractivity contribution in [2.75, 3.05) is 10.6 Å². The summed E-state index contributed by atoms with van der Waals surface area (Å²) < 4.78 is 0. The molecule has 0 aliphatic carbocycles. The summed E-state index contributed by atoms with van der Waals surface area (Å²) in [5.74, 6) is 0.584. The minimum atomic E-state index is -0.673. The quantitative estimate of drug-likeness (QED) is 0.109.